The van der Waals surface area contributed by atoms with Gasteiger partial charge in [-0.1, -0.05) is 28.4 Å². The van der Waals surface area contributed by atoms with Crippen molar-refractivity contribution in [1.82, 2.24) is 15.5 Å². The first-order valence-electron chi connectivity index (χ1n) is 5.09. The fourth-order valence-corrected chi connectivity index (χ4v) is 1.78. The topological polar surface area (TPSA) is 51.0 Å². The first-order valence-corrected chi connectivity index (χ1v) is 5.84. The second-order valence-electron chi connectivity index (χ2n) is 3.57. The van der Waals surface area contributed by atoms with Crippen molar-refractivity contribution >= 4 is 23.2 Å². The summed E-state index contributed by atoms with van der Waals surface area (Å²) in [6, 6.07) is 5.37. The molecular weight excluding hydrogens is 261 g/mol. The average molecular weight is 272 g/mol. The van der Waals surface area contributed by atoms with Crippen LogP contribution in [0.4, 0.5) is 0 Å². The molecule has 0 saturated carbocycles. The van der Waals surface area contributed by atoms with Gasteiger partial charge in [-0.2, -0.15) is 4.98 Å². The van der Waals surface area contributed by atoms with Gasteiger partial charge in [0.2, 0.25) is 5.89 Å². The van der Waals surface area contributed by atoms with Crippen molar-refractivity contribution in [3.63, 3.8) is 0 Å². The van der Waals surface area contributed by atoms with E-state index in [2.05, 4.69) is 15.5 Å². The van der Waals surface area contributed by atoms with Gasteiger partial charge in [0, 0.05) is 23.5 Å². The summed E-state index contributed by atoms with van der Waals surface area (Å²) in [5.41, 5.74) is 0.944. The number of hydrogen-bond acceptors (Lipinski definition) is 4. The van der Waals surface area contributed by atoms with Gasteiger partial charge < -0.3 is 9.84 Å². The summed E-state index contributed by atoms with van der Waals surface area (Å²) in [7, 11) is 0. The summed E-state index contributed by atoms with van der Waals surface area (Å²) >= 11 is 11.9. The molecule has 1 aromatic heterocycles. The van der Waals surface area contributed by atoms with Crippen LogP contribution in [0.15, 0.2) is 22.7 Å². The van der Waals surface area contributed by atoms with Crippen molar-refractivity contribution in [3.8, 4) is 0 Å². The van der Waals surface area contributed by atoms with Crippen LogP contribution in [0, 0.1) is 6.92 Å². The Hall–Kier alpha value is -1.10. The maximum Gasteiger partial charge on any atom is 0.223 e. The second kappa shape index (κ2) is 5.49. The molecule has 0 aliphatic rings. The summed E-state index contributed by atoms with van der Waals surface area (Å²) in [5, 5.41) is 8.30. The Kier molecular flexibility index (Phi) is 3.99. The molecule has 2 rings (SSSR count). The predicted molar refractivity (Wildman–Crippen MR) is 66.0 cm³/mol. The lowest BCUT2D eigenvalue weighted by Crippen LogP contribution is -2.14. The molecule has 0 amide bonds. The zero-order valence-corrected chi connectivity index (χ0v) is 10.7. The van der Waals surface area contributed by atoms with Crippen molar-refractivity contribution in [2.24, 2.45) is 0 Å². The lowest BCUT2D eigenvalue weighted by atomic mass is 10.2. The van der Waals surface area contributed by atoms with E-state index < -0.39 is 0 Å². The van der Waals surface area contributed by atoms with E-state index in [-0.39, 0.29) is 0 Å². The minimum Gasteiger partial charge on any atom is -0.340 e. The first-order chi connectivity index (χ1) is 8.15. The van der Waals surface area contributed by atoms with Crippen LogP contribution < -0.4 is 5.32 Å². The SMILES string of the molecule is Cc1nc(CNCc2cc(Cl)ccc2Cl)no1. The highest BCUT2D eigenvalue weighted by molar-refractivity contribution is 6.33. The Bertz CT molecular complexity index is 513. The second-order valence-corrected chi connectivity index (χ2v) is 4.41. The summed E-state index contributed by atoms with van der Waals surface area (Å²) in [5.74, 6) is 1.18. The number of halogens is 2. The molecule has 0 bridgehead atoms. The van der Waals surface area contributed by atoms with Crippen LogP contribution in [0.5, 0.6) is 0 Å². The molecule has 4 nitrogen and oxygen atoms in total. The molecule has 0 atom stereocenters. The molecule has 0 radical (unpaired) electrons. The van der Waals surface area contributed by atoms with Gasteiger partial charge >= 0.3 is 0 Å². The standard InChI is InChI=1S/C11H11Cl2N3O/c1-7-15-11(16-17-7)6-14-5-8-4-9(12)2-3-10(8)13/h2-4,14H,5-6H2,1H3. The smallest absolute Gasteiger partial charge is 0.223 e. The van der Waals surface area contributed by atoms with E-state index in [4.69, 9.17) is 27.7 Å². The van der Waals surface area contributed by atoms with Crippen molar-refractivity contribution < 1.29 is 4.52 Å². The number of hydrogen-bond donors (Lipinski definition) is 1. The van der Waals surface area contributed by atoms with Crippen LogP contribution >= 0.6 is 23.2 Å². The first kappa shape index (κ1) is 12.4. The Balaban J connectivity index is 1.91. The fourth-order valence-electron chi connectivity index (χ4n) is 1.40. The quantitative estimate of drug-likeness (QED) is 0.929. The number of nitrogens with zero attached hydrogens (tertiary/aromatic N) is 2. The molecule has 0 aliphatic carbocycles. The third-order valence-electron chi connectivity index (χ3n) is 2.18. The molecule has 0 saturated heterocycles. The monoisotopic (exact) mass is 271 g/mol. The van der Waals surface area contributed by atoms with Gasteiger partial charge in [-0.05, 0) is 23.8 Å². The third kappa shape index (κ3) is 3.43. The highest BCUT2D eigenvalue weighted by Gasteiger charge is 2.04. The molecule has 17 heavy (non-hydrogen) atoms. The van der Waals surface area contributed by atoms with Crippen molar-refractivity contribution in [2.45, 2.75) is 20.0 Å². The predicted octanol–water partition coefficient (Wildman–Crippen LogP) is 2.97. The Morgan fingerprint density at radius 1 is 1.29 bits per heavy atom. The molecule has 0 fully saturated rings. The normalized spacial score (nSPS) is 10.8. The molecule has 0 unspecified atom stereocenters. The van der Waals surface area contributed by atoms with Crippen molar-refractivity contribution in [3.05, 3.63) is 45.5 Å². The average Bonchev–Trinajstić information content (AvgIpc) is 2.69. The van der Waals surface area contributed by atoms with Crippen molar-refractivity contribution in [1.29, 1.82) is 0 Å². The van der Waals surface area contributed by atoms with E-state index in [0.717, 1.165) is 5.56 Å². The van der Waals surface area contributed by atoms with Crippen LogP contribution in [0.25, 0.3) is 0 Å². The summed E-state index contributed by atoms with van der Waals surface area (Å²) in [6.07, 6.45) is 0. The molecule has 1 N–H and O–H groups in total. The fraction of sp³-hybridized carbons (Fsp3) is 0.273. The van der Waals surface area contributed by atoms with Crippen LogP contribution in [-0.4, -0.2) is 10.1 Å². The van der Waals surface area contributed by atoms with Crippen LogP contribution in [0.3, 0.4) is 0 Å². The van der Waals surface area contributed by atoms with Crippen LogP contribution in [-0.2, 0) is 13.1 Å². The summed E-state index contributed by atoms with van der Waals surface area (Å²) in [4.78, 5) is 4.08. The Morgan fingerprint density at radius 3 is 2.82 bits per heavy atom. The van der Waals surface area contributed by atoms with Gasteiger partial charge in [0.15, 0.2) is 5.82 Å². The van der Waals surface area contributed by atoms with Gasteiger partial charge in [-0.15, -0.1) is 0 Å². The van der Waals surface area contributed by atoms with E-state index in [1.165, 1.54) is 0 Å². The Labute approximate surface area is 109 Å². The lowest BCUT2D eigenvalue weighted by molar-refractivity contribution is 0.385. The zero-order chi connectivity index (χ0) is 12.3. The molecule has 1 aromatic carbocycles. The minimum atomic E-state index is 0.528. The van der Waals surface area contributed by atoms with Crippen LogP contribution in [0.1, 0.15) is 17.3 Å². The van der Waals surface area contributed by atoms with E-state index in [0.29, 0.717) is 34.8 Å². The van der Waals surface area contributed by atoms with Gasteiger partial charge in [0.1, 0.15) is 0 Å². The lowest BCUT2D eigenvalue weighted by Gasteiger charge is -2.05. The van der Waals surface area contributed by atoms with E-state index in [9.17, 15) is 0 Å². The molecule has 1 heterocycles. The Morgan fingerprint density at radius 2 is 2.12 bits per heavy atom. The molecule has 0 aliphatic heterocycles. The summed E-state index contributed by atoms with van der Waals surface area (Å²) in [6.45, 7) is 2.89. The van der Waals surface area contributed by atoms with E-state index >= 15 is 0 Å². The maximum atomic E-state index is 6.03. The van der Waals surface area contributed by atoms with Crippen molar-refractivity contribution in [2.75, 3.05) is 0 Å². The maximum absolute atomic E-state index is 6.03. The van der Waals surface area contributed by atoms with Gasteiger partial charge in [0.05, 0.1) is 6.54 Å². The number of rotatable bonds is 4. The number of aromatic nitrogens is 2. The largest absolute Gasteiger partial charge is 0.340 e. The number of nitrogens with one attached hydrogen (secondary N) is 1. The molecule has 90 valence electrons. The minimum absolute atomic E-state index is 0.528. The summed E-state index contributed by atoms with van der Waals surface area (Å²) < 4.78 is 4.86. The molecular formula is C11H11Cl2N3O. The highest BCUT2D eigenvalue weighted by Crippen LogP contribution is 2.20. The van der Waals surface area contributed by atoms with E-state index in [1.807, 2.05) is 6.07 Å². The number of benzene rings is 1. The van der Waals surface area contributed by atoms with E-state index in [1.54, 1.807) is 19.1 Å². The molecule has 0 spiro atoms. The van der Waals surface area contributed by atoms with Gasteiger partial charge in [-0.3, -0.25) is 0 Å². The van der Waals surface area contributed by atoms with Crippen LogP contribution in [0.2, 0.25) is 10.0 Å². The highest BCUT2D eigenvalue weighted by atomic mass is 35.5. The van der Waals surface area contributed by atoms with Gasteiger partial charge in [0.25, 0.3) is 0 Å². The zero-order valence-electron chi connectivity index (χ0n) is 9.20. The third-order valence-corrected chi connectivity index (χ3v) is 2.78. The molecule has 6 heteroatoms. The van der Waals surface area contributed by atoms with Gasteiger partial charge in [-0.25, -0.2) is 0 Å². The number of aryl methyl sites for hydroxylation is 1. The molecule has 2 aromatic rings.